The molecule has 1 aromatic heterocycles. The lowest BCUT2D eigenvalue weighted by Crippen LogP contribution is -2.50. The third-order valence-electron chi connectivity index (χ3n) is 3.41. The van der Waals surface area contributed by atoms with Crippen molar-refractivity contribution in [3.05, 3.63) is 24.0 Å². The summed E-state index contributed by atoms with van der Waals surface area (Å²) < 4.78 is 0. The van der Waals surface area contributed by atoms with Gasteiger partial charge in [0.1, 0.15) is 0 Å². The molecule has 0 aliphatic carbocycles. The first-order chi connectivity index (χ1) is 8.72. The van der Waals surface area contributed by atoms with Gasteiger partial charge < -0.3 is 10.3 Å². The van der Waals surface area contributed by atoms with Crippen molar-refractivity contribution in [1.29, 1.82) is 0 Å². The highest BCUT2D eigenvalue weighted by molar-refractivity contribution is 5.96. The number of likely N-dealkylation sites (N-methyl/N-ethyl adjacent to an activating group) is 1. The maximum Gasteiger partial charge on any atom is 0.237 e. The third kappa shape index (κ3) is 2.79. The fourth-order valence-corrected chi connectivity index (χ4v) is 2.42. The molecule has 18 heavy (non-hydrogen) atoms. The van der Waals surface area contributed by atoms with Crippen LogP contribution in [-0.2, 0) is 4.79 Å². The number of H-pyrrole nitrogens is 1. The number of nitrogens with one attached hydrogen (secondary N) is 2. The Labute approximate surface area is 107 Å². The Balaban J connectivity index is 2.01. The van der Waals surface area contributed by atoms with Crippen LogP contribution in [0.15, 0.2) is 18.3 Å². The van der Waals surface area contributed by atoms with Gasteiger partial charge in [-0.2, -0.15) is 0 Å². The normalized spacial score (nSPS) is 20.6. The number of aromatic amines is 1. The number of hydrogen-bond acceptors (Lipinski definition) is 3. The number of hydrogen-bond donors (Lipinski definition) is 2. The number of ketones is 1. The van der Waals surface area contributed by atoms with Gasteiger partial charge in [0.2, 0.25) is 5.91 Å². The number of aromatic nitrogens is 1. The summed E-state index contributed by atoms with van der Waals surface area (Å²) in [4.78, 5) is 28.7. The molecule has 1 saturated heterocycles. The molecule has 1 fully saturated rings. The Kier molecular flexibility index (Phi) is 4.15. The third-order valence-corrected chi connectivity index (χ3v) is 3.41. The van der Waals surface area contributed by atoms with Crippen molar-refractivity contribution in [3.8, 4) is 0 Å². The molecule has 2 heterocycles. The maximum absolute atomic E-state index is 12.0. The number of rotatable bonds is 4. The van der Waals surface area contributed by atoms with E-state index in [9.17, 15) is 9.59 Å². The fraction of sp³-hybridized carbons (Fsp3) is 0.538. The van der Waals surface area contributed by atoms with E-state index in [1.807, 2.05) is 4.90 Å². The van der Waals surface area contributed by atoms with Gasteiger partial charge in [0, 0.05) is 13.2 Å². The minimum atomic E-state index is -0.164. The van der Waals surface area contributed by atoms with E-state index in [2.05, 4.69) is 10.3 Å². The first kappa shape index (κ1) is 12.8. The second kappa shape index (κ2) is 5.82. The smallest absolute Gasteiger partial charge is 0.237 e. The van der Waals surface area contributed by atoms with Crippen LogP contribution < -0.4 is 5.32 Å². The average molecular weight is 249 g/mol. The molecule has 2 N–H and O–H groups in total. The molecular formula is C13H19N3O2. The predicted molar refractivity (Wildman–Crippen MR) is 68.4 cm³/mol. The molecule has 0 spiro atoms. The van der Waals surface area contributed by atoms with E-state index in [-0.39, 0.29) is 17.7 Å². The van der Waals surface area contributed by atoms with Gasteiger partial charge in [0.25, 0.3) is 0 Å². The first-order valence-electron chi connectivity index (χ1n) is 6.34. The summed E-state index contributed by atoms with van der Waals surface area (Å²) >= 11 is 0. The Morgan fingerprint density at radius 3 is 3.00 bits per heavy atom. The zero-order valence-electron chi connectivity index (χ0n) is 10.6. The maximum atomic E-state index is 12.0. The second-order valence-corrected chi connectivity index (χ2v) is 4.60. The predicted octanol–water partition coefficient (Wildman–Crippen LogP) is 0.798. The summed E-state index contributed by atoms with van der Waals surface area (Å²) in [5.74, 6) is 0.0461. The monoisotopic (exact) mass is 249 g/mol. The zero-order chi connectivity index (χ0) is 13.0. The van der Waals surface area contributed by atoms with E-state index in [0.29, 0.717) is 12.2 Å². The molecule has 5 nitrogen and oxygen atoms in total. The van der Waals surface area contributed by atoms with E-state index >= 15 is 0 Å². The van der Waals surface area contributed by atoms with Gasteiger partial charge in [-0.25, -0.2) is 0 Å². The molecule has 0 aromatic carbocycles. The number of piperidine rings is 1. The van der Waals surface area contributed by atoms with Crippen molar-refractivity contribution < 1.29 is 9.59 Å². The SMILES string of the molecule is CNC(=O)C1CCCCN1CC(=O)c1ccc[nH]1. The van der Waals surface area contributed by atoms with Gasteiger partial charge in [-0.15, -0.1) is 0 Å². The Bertz CT molecular complexity index is 414. The summed E-state index contributed by atoms with van der Waals surface area (Å²) in [6.45, 7) is 1.11. The van der Waals surface area contributed by atoms with Crippen LogP contribution >= 0.6 is 0 Å². The van der Waals surface area contributed by atoms with Gasteiger partial charge in [-0.1, -0.05) is 6.42 Å². The van der Waals surface area contributed by atoms with Gasteiger partial charge >= 0.3 is 0 Å². The van der Waals surface area contributed by atoms with Crippen LogP contribution in [0.4, 0.5) is 0 Å². The topological polar surface area (TPSA) is 65.2 Å². The van der Waals surface area contributed by atoms with Crippen molar-refractivity contribution >= 4 is 11.7 Å². The number of likely N-dealkylation sites (tertiary alicyclic amines) is 1. The molecule has 1 aliphatic rings. The summed E-state index contributed by atoms with van der Waals surface area (Å²) in [6, 6.07) is 3.41. The highest BCUT2D eigenvalue weighted by Crippen LogP contribution is 2.17. The fourth-order valence-electron chi connectivity index (χ4n) is 2.42. The van der Waals surface area contributed by atoms with Crippen LogP contribution in [-0.4, -0.2) is 47.8 Å². The molecule has 1 unspecified atom stereocenters. The van der Waals surface area contributed by atoms with Crippen LogP contribution in [0, 0.1) is 0 Å². The first-order valence-corrected chi connectivity index (χ1v) is 6.34. The second-order valence-electron chi connectivity index (χ2n) is 4.60. The number of carbonyl (C=O) groups is 2. The van der Waals surface area contributed by atoms with Crippen molar-refractivity contribution in [2.24, 2.45) is 0 Å². The quantitative estimate of drug-likeness (QED) is 0.776. The van der Waals surface area contributed by atoms with E-state index < -0.39 is 0 Å². The lowest BCUT2D eigenvalue weighted by molar-refractivity contribution is -0.126. The molecule has 1 aliphatic heterocycles. The minimum absolute atomic E-state index is 0.00832. The van der Waals surface area contributed by atoms with E-state index in [1.165, 1.54) is 0 Å². The number of amides is 1. The van der Waals surface area contributed by atoms with Crippen LogP contribution in [0.25, 0.3) is 0 Å². The Morgan fingerprint density at radius 1 is 1.50 bits per heavy atom. The summed E-state index contributed by atoms with van der Waals surface area (Å²) in [5, 5.41) is 2.67. The van der Waals surface area contributed by atoms with Crippen molar-refractivity contribution in [3.63, 3.8) is 0 Å². The molecule has 0 saturated carbocycles. The largest absolute Gasteiger partial charge is 0.359 e. The number of nitrogens with zero attached hydrogens (tertiary/aromatic N) is 1. The molecular weight excluding hydrogens is 230 g/mol. The number of Topliss-reactive ketones (excluding diaryl/α,β-unsaturated/α-hetero) is 1. The van der Waals surface area contributed by atoms with E-state index in [1.54, 1.807) is 25.4 Å². The van der Waals surface area contributed by atoms with Crippen LogP contribution in [0.2, 0.25) is 0 Å². The molecule has 1 atom stereocenters. The van der Waals surface area contributed by atoms with Gasteiger partial charge in [-0.3, -0.25) is 14.5 Å². The highest BCUT2D eigenvalue weighted by atomic mass is 16.2. The zero-order valence-corrected chi connectivity index (χ0v) is 10.6. The summed E-state index contributed by atoms with van der Waals surface area (Å²) in [7, 11) is 1.64. The molecule has 0 bridgehead atoms. The van der Waals surface area contributed by atoms with Gasteiger partial charge in [0.15, 0.2) is 5.78 Å². The lowest BCUT2D eigenvalue weighted by atomic mass is 10.0. The molecule has 5 heteroatoms. The number of carbonyl (C=O) groups excluding carboxylic acids is 2. The summed E-state index contributed by atoms with van der Waals surface area (Å²) in [6.07, 6.45) is 4.66. The minimum Gasteiger partial charge on any atom is -0.359 e. The average Bonchev–Trinajstić information content (AvgIpc) is 2.92. The van der Waals surface area contributed by atoms with Gasteiger partial charge in [0.05, 0.1) is 18.3 Å². The van der Waals surface area contributed by atoms with E-state index in [4.69, 9.17) is 0 Å². The van der Waals surface area contributed by atoms with Crippen molar-refractivity contribution in [2.45, 2.75) is 25.3 Å². The molecule has 98 valence electrons. The molecule has 0 radical (unpaired) electrons. The van der Waals surface area contributed by atoms with Crippen LogP contribution in [0.1, 0.15) is 29.8 Å². The van der Waals surface area contributed by atoms with Crippen molar-refractivity contribution in [1.82, 2.24) is 15.2 Å². The lowest BCUT2D eigenvalue weighted by Gasteiger charge is -2.33. The highest BCUT2D eigenvalue weighted by Gasteiger charge is 2.29. The van der Waals surface area contributed by atoms with Gasteiger partial charge in [-0.05, 0) is 31.5 Å². The Morgan fingerprint density at radius 2 is 2.33 bits per heavy atom. The molecule has 1 amide bonds. The Hall–Kier alpha value is -1.62. The van der Waals surface area contributed by atoms with E-state index in [0.717, 1.165) is 25.8 Å². The van der Waals surface area contributed by atoms with Crippen LogP contribution in [0.5, 0.6) is 0 Å². The standard InChI is InChI=1S/C13H19N3O2/c1-14-13(18)11-6-2-3-8-16(11)9-12(17)10-5-4-7-15-10/h4-5,7,11,15H,2-3,6,8-9H2,1H3,(H,14,18). The molecule has 1 aromatic rings. The van der Waals surface area contributed by atoms with Crippen LogP contribution in [0.3, 0.4) is 0 Å². The molecule has 2 rings (SSSR count). The van der Waals surface area contributed by atoms with Crippen molar-refractivity contribution in [2.75, 3.05) is 20.1 Å². The summed E-state index contributed by atoms with van der Waals surface area (Å²) in [5.41, 5.74) is 0.608.